The zero-order valence-corrected chi connectivity index (χ0v) is 16.4. The molecule has 0 aliphatic heterocycles. The van der Waals surface area contributed by atoms with Gasteiger partial charge in [0.15, 0.2) is 0 Å². The summed E-state index contributed by atoms with van der Waals surface area (Å²) in [5.41, 5.74) is 6.31. The molecule has 0 aliphatic rings. The summed E-state index contributed by atoms with van der Waals surface area (Å²) in [4.78, 5) is 23.5. The summed E-state index contributed by atoms with van der Waals surface area (Å²) >= 11 is 0. The summed E-state index contributed by atoms with van der Waals surface area (Å²) in [7, 11) is -3.71. The Kier molecular flexibility index (Phi) is 11.1. The van der Waals surface area contributed by atoms with Crippen molar-refractivity contribution >= 4 is 34.2 Å². The number of nitrogens with one attached hydrogen (secondary N) is 2. The van der Waals surface area contributed by atoms with Gasteiger partial charge in [0.2, 0.25) is 21.8 Å². The molecule has 1 unspecified atom stereocenters. The van der Waals surface area contributed by atoms with Gasteiger partial charge in [0.05, 0.1) is 4.90 Å². The maximum absolute atomic E-state index is 12.2. The van der Waals surface area contributed by atoms with Gasteiger partial charge < -0.3 is 16.4 Å². The Bertz CT molecular complexity index is 680. The molecule has 26 heavy (non-hydrogen) atoms. The number of hydrogen-bond donors (Lipinski definition) is 4. The number of benzene rings is 1. The van der Waals surface area contributed by atoms with Crippen LogP contribution >= 0.6 is 12.4 Å². The van der Waals surface area contributed by atoms with Crippen LogP contribution in [0.5, 0.6) is 0 Å². The summed E-state index contributed by atoms with van der Waals surface area (Å²) in [5.74, 6) is -0.500. The van der Waals surface area contributed by atoms with Crippen LogP contribution in [-0.4, -0.2) is 39.4 Å². The lowest BCUT2D eigenvalue weighted by Gasteiger charge is -2.17. The highest BCUT2D eigenvalue weighted by molar-refractivity contribution is 7.89. The normalized spacial score (nSPS) is 12.0. The van der Waals surface area contributed by atoms with E-state index >= 15 is 0 Å². The number of sulfonamides is 1. The van der Waals surface area contributed by atoms with Gasteiger partial charge in [-0.3, -0.25) is 9.59 Å². The molecule has 0 radical (unpaired) electrons. The maximum atomic E-state index is 12.2. The first-order valence-corrected chi connectivity index (χ1v) is 9.65. The summed E-state index contributed by atoms with van der Waals surface area (Å²) in [6.07, 6.45) is 2.61. The molecule has 0 saturated carbocycles. The lowest BCUT2D eigenvalue weighted by atomic mass is 10.1. The van der Waals surface area contributed by atoms with Gasteiger partial charge in [-0.1, -0.05) is 12.1 Å². The molecular formula is C16H27ClN4O4S. The molecule has 10 heteroatoms. The molecule has 0 fully saturated rings. The van der Waals surface area contributed by atoms with Crippen LogP contribution in [0.15, 0.2) is 29.2 Å². The number of carbonyl (C=O) groups excluding carboxylic acids is 2. The van der Waals surface area contributed by atoms with Gasteiger partial charge in [-0.2, -0.15) is 0 Å². The summed E-state index contributed by atoms with van der Waals surface area (Å²) < 4.78 is 22.4. The van der Waals surface area contributed by atoms with Crippen LogP contribution in [0.2, 0.25) is 0 Å². The van der Waals surface area contributed by atoms with Crippen molar-refractivity contribution in [3.63, 3.8) is 0 Å². The van der Waals surface area contributed by atoms with Gasteiger partial charge in [0.1, 0.15) is 6.04 Å². The first kappa shape index (κ1) is 24.3. The Hall–Kier alpha value is -1.68. The van der Waals surface area contributed by atoms with E-state index in [2.05, 4.69) is 10.6 Å². The monoisotopic (exact) mass is 406 g/mol. The standard InChI is InChI=1S/C16H26N4O4S.ClH/c1-12(21)20-15(4-2-3-10-17)16(22)19-11-9-13-5-7-14(8-6-13)25(18,23)24;/h5-8,15H,2-4,9-11,17H2,1H3,(H,19,22)(H,20,21)(H2,18,23,24);1H. The number of nitrogens with two attached hydrogens (primary N) is 2. The lowest BCUT2D eigenvalue weighted by molar-refractivity contribution is -0.128. The van der Waals surface area contributed by atoms with E-state index in [1.165, 1.54) is 19.1 Å². The first-order chi connectivity index (χ1) is 11.7. The van der Waals surface area contributed by atoms with Crippen molar-refractivity contribution in [2.24, 2.45) is 10.9 Å². The highest BCUT2D eigenvalue weighted by atomic mass is 35.5. The molecule has 0 aliphatic carbocycles. The van der Waals surface area contributed by atoms with Crippen molar-refractivity contribution in [2.75, 3.05) is 13.1 Å². The van der Waals surface area contributed by atoms with Gasteiger partial charge in [-0.05, 0) is 49.9 Å². The number of halogens is 1. The minimum absolute atomic E-state index is 0. The summed E-state index contributed by atoms with van der Waals surface area (Å²) in [5, 5.41) is 10.5. The number of unbranched alkanes of at least 4 members (excludes halogenated alkanes) is 1. The van der Waals surface area contributed by atoms with Crippen LogP contribution in [0.1, 0.15) is 31.7 Å². The highest BCUT2D eigenvalue weighted by Crippen LogP contribution is 2.09. The maximum Gasteiger partial charge on any atom is 0.242 e. The third-order valence-electron chi connectivity index (χ3n) is 3.61. The van der Waals surface area contributed by atoms with Crippen molar-refractivity contribution in [3.05, 3.63) is 29.8 Å². The van der Waals surface area contributed by atoms with Crippen molar-refractivity contribution in [1.29, 1.82) is 0 Å². The third kappa shape index (κ3) is 9.14. The van der Waals surface area contributed by atoms with Crippen molar-refractivity contribution in [3.8, 4) is 0 Å². The minimum atomic E-state index is -3.71. The average molecular weight is 407 g/mol. The van der Waals surface area contributed by atoms with E-state index in [0.29, 0.717) is 25.9 Å². The van der Waals surface area contributed by atoms with Crippen LogP contribution in [0, 0.1) is 0 Å². The average Bonchev–Trinajstić information content (AvgIpc) is 2.53. The second-order valence-electron chi connectivity index (χ2n) is 5.77. The highest BCUT2D eigenvalue weighted by Gasteiger charge is 2.18. The fraction of sp³-hybridized carbons (Fsp3) is 0.500. The predicted octanol–water partition coefficient (Wildman–Crippen LogP) is 0.0482. The number of hydrogen-bond acceptors (Lipinski definition) is 5. The largest absolute Gasteiger partial charge is 0.354 e. The van der Waals surface area contributed by atoms with Gasteiger partial charge in [-0.25, -0.2) is 13.6 Å². The Morgan fingerprint density at radius 1 is 1.15 bits per heavy atom. The topological polar surface area (TPSA) is 144 Å². The van der Waals surface area contributed by atoms with E-state index in [1.807, 2.05) is 0 Å². The molecule has 0 spiro atoms. The molecular weight excluding hydrogens is 380 g/mol. The van der Waals surface area contributed by atoms with E-state index < -0.39 is 16.1 Å². The molecule has 1 aromatic rings. The number of carbonyl (C=O) groups is 2. The molecule has 2 amide bonds. The third-order valence-corrected chi connectivity index (χ3v) is 4.53. The first-order valence-electron chi connectivity index (χ1n) is 8.10. The molecule has 0 heterocycles. The Morgan fingerprint density at radius 3 is 2.27 bits per heavy atom. The number of rotatable bonds is 10. The van der Waals surface area contributed by atoms with E-state index in [4.69, 9.17) is 10.9 Å². The molecule has 0 saturated heterocycles. The Balaban J connectivity index is 0.00000625. The van der Waals surface area contributed by atoms with Gasteiger partial charge >= 0.3 is 0 Å². The summed E-state index contributed by atoms with van der Waals surface area (Å²) in [6, 6.07) is 5.59. The summed E-state index contributed by atoms with van der Waals surface area (Å²) in [6.45, 7) is 2.29. The Labute approximate surface area is 160 Å². The Morgan fingerprint density at radius 2 is 1.77 bits per heavy atom. The molecule has 8 nitrogen and oxygen atoms in total. The van der Waals surface area contributed by atoms with Crippen LogP contribution in [0.25, 0.3) is 0 Å². The fourth-order valence-corrected chi connectivity index (χ4v) is 2.82. The number of amides is 2. The van der Waals surface area contributed by atoms with Crippen LogP contribution in [-0.2, 0) is 26.0 Å². The number of primary sulfonamides is 1. The van der Waals surface area contributed by atoms with E-state index in [9.17, 15) is 18.0 Å². The quantitative estimate of drug-likeness (QED) is 0.405. The SMILES string of the molecule is CC(=O)NC(CCCCN)C(=O)NCCc1ccc(S(N)(=O)=O)cc1.Cl. The zero-order valence-electron chi connectivity index (χ0n) is 14.7. The van der Waals surface area contributed by atoms with E-state index in [-0.39, 0.29) is 29.1 Å². The van der Waals surface area contributed by atoms with Gasteiger partial charge in [0, 0.05) is 13.5 Å². The smallest absolute Gasteiger partial charge is 0.242 e. The van der Waals surface area contributed by atoms with Crippen LogP contribution < -0.4 is 21.5 Å². The lowest BCUT2D eigenvalue weighted by Crippen LogP contribution is -2.46. The predicted molar refractivity (Wildman–Crippen MR) is 102 cm³/mol. The molecule has 0 aromatic heterocycles. The molecule has 1 aromatic carbocycles. The zero-order chi connectivity index (χ0) is 18.9. The van der Waals surface area contributed by atoms with Crippen LogP contribution in [0.4, 0.5) is 0 Å². The minimum Gasteiger partial charge on any atom is -0.354 e. The van der Waals surface area contributed by atoms with E-state index in [1.54, 1.807) is 12.1 Å². The van der Waals surface area contributed by atoms with Crippen molar-refractivity contribution in [2.45, 2.75) is 43.5 Å². The van der Waals surface area contributed by atoms with E-state index in [0.717, 1.165) is 18.4 Å². The van der Waals surface area contributed by atoms with Crippen LogP contribution in [0.3, 0.4) is 0 Å². The van der Waals surface area contributed by atoms with Crippen molar-refractivity contribution in [1.82, 2.24) is 10.6 Å². The molecule has 1 atom stereocenters. The molecule has 0 bridgehead atoms. The fourth-order valence-electron chi connectivity index (χ4n) is 2.31. The molecule has 6 N–H and O–H groups in total. The molecule has 148 valence electrons. The van der Waals surface area contributed by atoms with Gasteiger partial charge in [-0.15, -0.1) is 12.4 Å². The van der Waals surface area contributed by atoms with Gasteiger partial charge in [0.25, 0.3) is 0 Å². The second kappa shape index (κ2) is 11.8. The second-order valence-corrected chi connectivity index (χ2v) is 7.33. The van der Waals surface area contributed by atoms with Crippen molar-refractivity contribution < 1.29 is 18.0 Å². The molecule has 1 rings (SSSR count).